The van der Waals surface area contributed by atoms with Crippen LogP contribution < -0.4 is 9.64 Å². The maximum Gasteiger partial charge on any atom is 0.433 e. The van der Waals surface area contributed by atoms with Gasteiger partial charge in [-0.2, -0.15) is 13.2 Å². The third kappa shape index (κ3) is 3.19. The SMILES string of the molecule is COc1ccc2nc(C(F)(F)F)cc(N3CCN(C)CC3)c2c1. The van der Waals surface area contributed by atoms with Crippen molar-refractivity contribution in [3.63, 3.8) is 0 Å². The molecule has 1 aromatic heterocycles. The Morgan fingerprint density at radius 1 is 1.09 bits per heavy atom. The first-order valence-corrected chi connectivity index (χ1v) is 7.38. The van der Waals surface area contributed by atoms with E-state index in [-0.39, 0.29) is 0 Å². The Morgan fingerprint density at radius 2 is 1.78 bits per heavy atom. The molecule has 0 amide bonds. The highest BCUT2D eigenvalue weighted by atomic mass is 19.4. The summed E-state index contributed by atoms with van der Waals surface area (Å²) in [7, 11) is 3.54. The van der Waals surface area contributed by atoms with Gasteiger partial charge in [0, 0.05) is 37.3 Å². The van der Waals surface area contributed by atoms with Gasteiger partial charge in [0.25, 0.3) is 0 Å². The van der Waals surface area contributed by atoms with Crippen molar-refractivity contribution in [2.75, 3.05) is 45.2 Å². The van der Waals surface area contributed by atoms with E-state index in [9.17, 15) is 13.2 Å². The molecule has 23 heavy (non-hydrogen) atoms. The molecule has 0 N–H and O–H groups in total. The second-order valence-corrected chi connectivity index (χ2v) is 5.70. The minimum absolute atomic E-state index is 0.328. The number of rotatable bonds is 2. The van der Waals surface area contributed by atoms with Gasteiger partial charge in [-0.15, -0.1) is 0 Å². The monoisotopic (exact) mass is 325 g/mol. The molecule has 0 radical (unpaired) electrons. The van der Waals surface area contributed by atoms with Crippen molar-refractivity contribution in [1.29, 1.82) is 0 Å². The summed E-state index contributed by atoms with van der Waals surface area (Å²) >= 11 is 0. The third-order valence-corrected chi connectivity index (χ3v) is 4.13. The van der Waals surface area contributed by atoms with Crippen LogP contribution in [0.5, 0.6) is 5.75 Å². The first-order chi connectivity index (χ1) is 10.9. The third-order valence-electron chi connectivity index (χ3n) is 4.13. The van der Waals surface area contributed by atoms with Crippen molar-refractivity contribution < 1.29 is 17.9 Å². The molecule has 3 rings (SSSR count). The van der Waals surface area contributed by atoms with Crippen LogP contribution in [0.2, 0.25) is 0 Å². The number of likely N-dealkylation sites (N-methyl/N-ethyl adjacent to an activating group) is 1. The van der Waals surface area contributed by atoms with Gasteiger partial charge < -0.3 is 14.5 Å². The predicted octanol–water partition coefficient (Wildman–Crippen LogP) is 3.01. The molecule has 0 unspecified atom stereocenters. The van der Waals surface area contributed by atoms with Crippen LogP contribution in [0.25, 0.3) is 10.9 Å². The highest BCUT2D eigenvalue weighted by Crippen LogP contribution is 2.36. The van der Waals surface area contributed by atoms with E-state index in [0.29, 0.717) is 35.4 Å². The number of alkyl halides is 3. The maximum absolute atomic E-state index is 13.2. The minimum atomic E-state index is -4.46. The van der Waals surface area contributed by atoms with E-state index < -0.39 is 11.9 Å². The molecule has 1 aromatic carbocycles. The Balaban J connectivity index is 2.14. The second kappa shape index (κ2) is 5.88. The summed E-state index contributed by atoms with van der Waals surface area (Å²) in [5, 5.41) is 0.682. The fraction of sp³-hybridized carbons (Fsp3) is 0.438. The molecular formula is C16H18F3N3O. The summed E-state index contributed by atoms with van der Waals surface area (Å²) in [5.41, 5.74) is 0.0352. The molecule has 0 saturated carbocycles. The number of anilines is 1. The van der Waals surface area contributed by atoms with Crippen LogP contribution in [0, 0.1) is 0 Å². The molecule has 0 atom stereocenters. The number of fused-ring (bicyclic) bond motifs is 1. The zero-order valence-electron chi connectivity index (χ0n) is 13.0. The molecule has 1 aliphatic rings. The molecule has 1 saturated heterocycles. The van der Waals surface area contributed by atoms with Crippen LogP contribution in [0.15, 0.2) is 24.3 Å². The summed E-state index contributed by atoms with van der Waals surface area (Å²) in [6.45, 7) is 3.00. The van der Waals surface area contributed by atoms with Gasteiger partial charge in [0.15, 0.2) is 0 Å². The Kier molecular flexibility index (Phi) is 4.06. The summed E-state index contributed by atoms with van der Waals surface area (Å²) < 4.78 is 44.7. The molecule has 7 heteroatoms. The van der Waals surface area contributed by atoms with Gasteiger partial charge in [-0.25, -0.2) is 4.98 Å². The zero-order chi connectivity index (χ0) is 16.6. The summed E-state index contributed by atoms with van der Waals surface area (Å²) in [6, 6.07) is 6.09. The molecule has 124 valence electrons. The number of ether oxygens (including phenoxy) is 1. The van der Waals surface area contributed by atoms with Crippen LogP contribution in [0.1, 0.15) is 5.69 Å². The number of aromatic nitrogens is 1. The Hall–Kier alpha value is -2.02. The van der Waals surface area contributed by atoms with Crippen LogP contribution >= 0.6 is 0 Å². The lowest BCUT2D eigenvalue weighted by Crippen LogP contribution is -2.44. The molecule has 1 fully saturated rings. The molecule has 2 aromatic rings. The first kappa shape index (κ1) is 15.9. The molecule has 0 bridgehead atoms. The predicted molar refractivity (Wildman–Crippen MR) is 83.0 cm³/mol. The maximum atomic E-state index is 13.2. The lowest BCUT2D eigenvalue weighted by molar-refractivity contribution is -0.140. The lowest BCUT2D eigenvalue weighted by Gasteiger charge is -2.35. The summed E-state index contributed by atoms with van der Waals surface area (Å²) in [6.07, 6.45) is -4.46. The standard InChI is InChI=1S/C16H18F3N3O/c1-21-5-7-22(8-6-21)14-10-15(16(17,18)19)20-13-4-3-11(23-2)9-12(13)14/h3-4,9-10H,5-8H2,1-2H3. The van der Waals surface area contributed by atoms with Crippen molar-refractivity contribution in [3.8, 4) is 5.75 Å². The van der Waals surface area contributed by atoms with Crippen LogP contribution in [0.3, 0.4) is 0 Å². The molecule has 2 heterocycles. The fourth-order valence-electron chi connectivity index (χ4n) is 2.77. The normalized spacial score (nSPS) is 16.8. The van der Waals surface area contributed by atoms with E-state index in [1.807, 2.05) is 11.9 Å². The number of pyridine rings is 1. The Labute approximate surface area is 132 Å². The van der Waals surface area contributed by atoms with E-state index in [1.165, 1.54) is 7.11 Å². The molecule has 0 aliphatic carbocycles. The topological polar surface area (TPSA) is 28.6 Å². The largest absolute Gasteiger partial charge is 0.497 e. The van der Waals surface area contributed by atoms with E-state index in [0.717, 1.165) is 19.2 Å². The van der Waals surface area contributed by atoms with Gasteiger partial charge >= 0.3 is 6.18 Å². The van der Waals surface area contributed by atoms with E-state index >= 15 is 0 Å². The van der Waals surface area contributed by atoms with Crippen molar-refractivity contribution in [1.82, 2.24) is 9.88 Å². The highest BCUT2D eigenvalue weighted by Gasteiger charge is 2.34. The van der Waals surface area contributed by atoms with Gasteiger partial charge in [0.05, 0.1) is 12.6 Å². The van der Waals surface area contributed by atoms with Gasteiger partial charge in [-0.1, -0.05) is 0 Å². The lowest BCUT2D eigenvalue weighted by atomic mass is 10.1. The smallest absolute Gasteiger partial charge is 0.433 e. The molecule has 4 nitrogen and oxygen atoms in total. The van der Waals surface area contributed by atoms with Crippen molar-refractivity contribution >= 4 is 16.6 Å². The minimum Gasteiger partial charge on any atom is -0.497 e. The van der Waals surface area contributed by atoms with Crippen molar-refractivity contribution in [2.24, 2.45) is 0 Å². The zero-order valence-corrected chi connectivity index (χ0v) is 13.0. The molecular weight excluding hydrogens is 307 g/mol. The molecule has 0 spiro atoms. The van der Waals surface area contributed by atoms with Crippen molar-refractivity contribution in [3.05, 3.63) is 30.0 Å². The quantitative estimate of drug-likeness (QED) is 0.849. The number of hydrogen-bond acceptors (Lipinski definition) is 4. The van der Waals surface area contributed by atoms with Crippen LogP contribution in [-0.2, 0) is 6.18 Å². The number of nitrogens with zero attached hydrogens (tertiary/aromatic N) is 3. The van der Waals surface area contributed by atoms with Gasteiger partial charge in [-0.05, 0) is 31.3 Å². The second-order valence-electron chi connectivity index (χ2n) is 5.70. The summed E-state index contributed by atoms with van der Waals surface area (Å²) in [4.78, 5) is 7.92. The first-order valence-electron chi connectivity index (χ1n) is 7.38. The average molecular weight is 325 g/mol. The fourth-order valence-corrected chi connectivity index (χ4v) is 2.77. The number of halogens is 3. The highest BCUT2D eigenvalue weighted by molar-refractivity contribution is 5.93. The van der Waals surface area contributed by atoms with Gasteiger partial charge in [0.2, 0.25) is 0 Å². The Bertz CT molecular complexity index is 710. The van der Waals surface area contributed by atoms with Gasteiger partial charge in [-0.3, -0.25) is 0 Å². The number of hydrogen-bond donors (Lipinski definition) is 0. The summed E-state index contributed by atoms with van der Waals surface area (Å²) in [5.74, 6) is 0.606. The van der Waals surface area contributed by atoms with Crippen LogP contribution in [-0.4, -0.2) is 50.2 Å². The number of benzene rings is 1. The van der Waals surface area contributed by atoms with Gasteiger partial charge in [0.1, 0.15) is 11.4 Å². The van der Waals surface area contributed by atoms with Crippen molar-refractivity contribution in [2.45, 2.75) is 6.18 Å². The number of piperazine rings is 1. The van der Waals surface area contributed by atoms with E-state index in [4.69, 9.17) is 4.74 Å². The molecule has 1 aliphatic heterocycles. The average Bonchev–Trinajstić information content (AvgIpc) is 2.53. The van der Waals surface area contributed by atoms with E-state index in [1.54, 1.807) is 18.2 Å². The van der Waals surface area contributed by atoms with E-state index in [2.05, 4.69) is 9.88 Å². The van der Waals surface area contributed by atoms with Crippen LogP contribution in [0.4, 0.5) is 18.9 Å². The number of methoxy groups -OCH3 is 1. The Morgan fingerprint density at radius 3 is 2.39 bits per heavy atom.